The van der Waals surface area contributed by atoms with E-state index in [0.29, 0.717) is 22.8 Å². The molecule has 0 aliphatic rings. The number of aryl methyl sites for hydroxylation is 1. The molecule has 4 N–H and O–H groups in total. The predicted molar refractivity (Wildman–Crippen MR) is 63.8 cm³/mol. The monoisotopic (exact) mass is 231 g/mol. The Hall–Kier alpha value is -2.37. The van der Waals surface area contributed by atoms with E-state index < -0.39 is 5.91 Å². The number of pyridine rings is 1. The Balaban J connectivity index is 2.68. The fraction of sp³-hybridized carbons (Fsp3) is 0.182. The van der Waals surface area contributed by atoms with Crippen LogP contribution in [0.3, 0.4) is 0 Å². The molecule has 2 rings (SSSR count). The average Bonchev–Trinajstić information content (AvgIpc) is 2.57. The van der Waals surface area contributed by atoms with Crippen molar-refractivity contribution in [1.29, 1.82) is 0 Å². The standard InChI is InChI=1S/C11H13N5O/c1-6-9(12)7(2)16(15-6)11-8(10(13)17)4-3-5-14-11/h3-5H,12H2,1-2H3,(H2,13,17). The van der Waals surface area contributed by atoms with Crippen LogP contribution in [0.4, 0.5) is 5.69 Å². The summed E-state index contributed by atoms with van der Waals surface area (Å²) in [5, 5.41) is 4.24. The second-order valence-corrected chi connectivity index (χ2v) is 3.74. The van der Waals surface area contributed by atoms with Crippen molar-refractivity contribution in [3.8, 4) is 5.82 Å². The van der Waals surface area contributed by atoms with Crippen molar-refractivity contribution in [2.24, 2.45) is 5.73 Å². The van der Waals surface area contributed by atoms with Gasteiger partial charge in [-0.1, -0.05) is 0 Å². The molecule has 0 fully saturated rings. The Morgan fingerprint density at radius 3 is 2.65 bits per heavy atom. The third kappa shape index (κ3) is 1.73. The summed E-state index contributed by atoms with van der Waals surface area (Å²) in [5.41, 5.74) is 13.5. The van der Waals surface area contributed by atoms with Gasteiger partial charge in [-0.05, 0) is 26.0 Å². The molecule has 0 aromatic carbocycles. The Labute approximate surface area is 98.3 Å². The van der Waals surface area contributed by atoms with Crippen LogP contribution in [0.2, 0.25) is 0 Å². The number of amides is 1. The number of aromatic nitrogens is 3. The number of anilines is 1. The highest BCUT2D eigenvalue weighted by Gasteiger charge is 2.16. The minimum Gasteiger partial charge on any atom is -0.396 e. The quantitative estimate of drug-likeness (QED) is 0.788. The van der Waals surface area contributed by atoms with Gasteiger partial charge < -0.3 is 11.5 Å². The summed E-state index contributed by atoms with van der Waals surface area (Å²) in [7, 11) is 0. The number of nitrogens with zero attached hydrogens (tertiary/aromatic N) is 3. The van der Waals surface area contributed by atoms with Gasteiger partial charge in [-0.3, -0.25) is 4.79 Å². The SMILES string of the molecule is Cc1nn(-c2ncccc2C(N)=O)c(C)c1N. The minimum absolute atomic E-state index is 0.318. The maximum atomic E-state index is 11.3. The topological polar surface area (TPSA) is 99.8 Å². The average molecular weight is 231 g/mol. The van der Waals surface area contributed by atoms with Gasteiger partial charge in [-0.25, -0.2) is 9.67 Å². The van der Waals surface area contributed by atoms with Crippen LogP contribution in [0.1, 0.15) is 21.7 Å². The summed E-state index contributed by atoms with van der Waals surface area (Å²) in [4.78, 5) is 15.4. The van der Waals surface area contributed by atoms with Gasteiger partial charge >= 0.3 is 0 Å². The molecule has 2 aromatic heterocycles. The highest BCUT2D eigenvalue weighted by Crippen LogP contribution is 2.20. The molecule has 6 heteroatoms. The zero-order chi connectivity index (χ0) is 12.6. The fourth-order valence-electron chi connectivity index (χ4n) is 1.62. The molecule has 17 heavy (non-hydrogen) atoms. The third-order valence-corrected chi connectivity index (χ3v) is 2.60. The molecule has 0 aliphatic heterocycles. The number of hydrogen-bond donors (Lipinski definition) is 2. The lowest BCUT2D eigenvalue weighted by molar-refractivity contribution is 0.1000. The Kier molecular flexibility index (Phi) is 2.55. The molecular weight excluding hydrogens is 218 g/mol. The first kappa shape index (κ1) is 11.1. The Morgan fingerprint density at radius 2 is 2.12 bits per heavy atom. The molecule has 2 aromatic rings. The van der Waals surface area contributed by atoms with E-state index in [-0.39, 0.29) is 0 Å². The predicted octanol–water partition coefficient (Wildman–Crippen LogP) is 0.565. The van der Waals surface area contributed by atoms with Crippen LogP contribution in [0.25, 0.3) is 5.82 Å². The van der Waals surface area contributed by atoms with Crippen LogP contribution in [-0.4, -0.2) is 20.7 Å². The van der Waals surface area contributed by atoms with E-state index in [9.17, 15) is 4.79 Å². The van der Waals surface area contributed by atoms with E-state index >= 15 is 0 Å². The summed E-state index contributed by atoms with van der Waals surface area (Å²) in [5.74, 6) is -0.142. The van der Waals surface area contributed by atoms with E-state index in [2.05, 4.69) is 10.1 Å². The molecule has 1 amide bonds. The zero-order valence-electron chi connectivity index (χ0n) is 9.64. The van der Waals surface area contributed by atoms with E-state index in [0.717, 1.165) is 5.69 Å². The van der Waals surface area contributed by atoms with Gasteiger partial charge in [0.15, 0.2) is 5.82 Å². The van der Waals surface area contributed by atoms with Crippen molar-refractivity contribution < 1.29 is 4.79 Å². The van der Waals surface area contributed by atoms with Crippen LogP contribution in [0, 0.1) is 13.8 Å². The second kappa shape index (κ2) is 3.89. The molecule has 0 aliphatic carbocycles. The van der Waals surface area contributed by atoms with E-state index in [1.54, 1.807) is 25.3 Å². The number of nitrogens with two attached hydrogens (primary N) is 2. The smallest absolute Gasteiger partial charge is 0.252 e. The van der Waals surface area contributed by atoms with Gasteiger partial charge in [0.2, 0.25) is 0 Å². The number of rotatable bonds is 2. The van der Waals surface area contributed by atoms with Crippen molar-refractivity contribution >= 4 is 11.6 Å². The first-order valence-electron chi connectivity index (χ1n) is 5.09. The molecule has 0 spiro atoms. The summed E-state index contributed by atoms with van der Waals surface area (Å²) < 4.78 is 1.53. The van der Waals surface area contributed by atoms with Crippen LogP contribution >= 0.6 is 0 Å². The number of nitrogen functional groups attached to an aromatic ring is 1. The number of primary amides is 1. The number of carbonyl (C=O) groups excluding carboxylic acids is 1. The number of hydrogen-bond acceptors (Lipinski definition) is 4. The van der Waals surface area contributed by atoms with E-state index in [1.807, 2.05) is 6.92 Å². The molecule has 0 radical (unpaired) electrons. The highest BCUT2D eigenvalue weighted by molar-refractivity contribution is 5.95. The lowest BCUT2D eigenvalue weighted by atomic mass is 10.2. The Bertz CT molecular complexity index is 588. The normalized spacial score (nSPS) is 10.5. The lowest BCUT2D eigenvalue weighted by Gasteiger charge is -2.06. The van der Waals surface area contributed by atoms with Gasteiger partial charge in [0.25, 0.3) is 5.91 Å². The van der Waals surface area contributed by atoms with Crippen molar-refractivity contribution in [2.75, 3.05) is 5.73 Å². The summed E-state index contributed by atoms with van der Waals surface area (Å²) in [6.07, 6.45) is 1.58. The van der Waals surface area contributed by atoms with Gasteiger partial charge in [0.05, 0.1) is 22.6 Å². The third-order valence-electron chi connectivity index (χ3n) is 2.60. The first-order valence-corrected chi connectivity index (χ1v) is 5.09. The minimum atomic E-state index is -0.542. The molecule has 2 heterocycles. The van der Waals surface area contributed by atoms with Crippen molar-refractivity contribution in [1.82, 2.24) is 14.8 Å². The van der Waals surface area contributed by atoms with Crippen molar-refractivity contribution in [3.05, 3.63) is 35.3 Å². The van der Waals surface area contributed by atoms with E-state index in [1.165, 1.54) is 4.68 Å². The fourth-order valence-corrected chi connectivity index (χ4v) is 1.62. The highest BCUT2D eigenvalue weighted by atomic mass is 16.1. The zero-order valence-corrected chi connectivity index (χ0v) is 9.64. The molecule has 0 saturated heterocycles. The lowest BCUT2D eigenvalue weighted by Crippen LogP contribution is -2.16. The van der Waals surface area contributed by atoms with Crippen molar-refractivity contribution in [2.45, 2.75) is 13.8 Å². The first-order chi connectivity index (χ1) is 8.02. The molecule has 0 unspecified atom stereocenters. The summed E-state index contributed by atoms with van der Waals surface area (Å²) in [6.45, 7) is 3.61. The van der Waals surface area contributed by atoms with Crippen LogP contribution in [0.15, 0.2) is 18.3 Å². The van der Waals surface area contributed by atoms with Crippen LogP contribution in [0.5, 0.6) is 0 Å². The maximum Gasteiger partial charge on any atom is 0.252 e. The van der Waals surface area contributed by atoms with E-state index in [4.69, 9.17) is 11.5 Å². The van der Waals surface area contributed by atoms with Gasteiger partial charge in [-0.2, -0.15) is 5.10 Å². The van der Waals surface area contributed by atoms with Gasteiger partial charge in [0.1, 0.15) is 0 Å². The van der Waals surface area contributed by atoms with Gasteiger partial charge in [0, 0.05) is 6.20 Å². The van der Waals surface area contributed by atoms with Gasteiger partial charge in [-0.15, -0.1) is 0 Å². The molecule has 0 atom stereocenters. The molecule has 0 bridgehead atoms. The second-order valence-electron chi connectivity index (χ2n) is 3.74. The molecule has 6 nitrogen and oxygen atoms in total. The molecule has 88 valence electrons. The van der Waals surface area contributed by atoms with Crippen molar-refractivity contribution in [3.63, 3.8) is 0 Å². The molecule has 0 saturated carbocycles. The summed E-state index contributed by atoms with van der Waals surface area (Å²) >= 11 is 0. The molecular formula is C11H13N5O. The van der Waals surface area contributed by atoms with Crippen LogP contribution in [-0.2, 0) is 0 Å². The Morgan fingerprint density at radius 1 is 1.41 bits per heavy atom. The van der Waals surface area contributed by atoms with Crippen LogP contribution < -0.4 is 11.5 Å². The number of carbonyl (C=O) groups is 1. The summed E-state index contributed by atoms with van der Waals surface area (Å²) in [6, 6.07) is 3.26. The largest absolute Gasteiger partial charge is 0.396 e. The maximum absolute atomic E-state index is 11.3.